The molecule has 4 heteroatoms. The second-order valence-electron chi connectivity index (χ2n) is 2.72. The van der Waals surface area contributed by atoms with Gasteiger partial charge in [-0.05, 0) is 18.2 Å². The highest BCUT2D eigenvalue weighted by atomic mass is 35.5. The Balaban J connectivity index is 2.86. The molecule has 2 N–H and O–H groups in total. The zero-order valence-corrected chi connectivity index (χ0v) is 7.35. The number of nitrogens with two attached hydrogens (primary N) is 1. The minimum atomic E-state index is -0.380. The second kappa shape index (κ2) is 2.85. The van der Waals surface area contributed by atoms with Crippen LogP contribution < -0.4 is 5.73 Å². The molecule has 0 fully saturated rings. The third-order valence-electron chi connectivity index (χ3n) is 1.74. The van der Waals surface area contributed by atoms with Gasteiger partial charge < -0.3 is 5.73 Å². The lowest BCUT2D eigenvalue weighted by Crippen LogP contribution is -1.91. The first-order chi connectivity index (χ1) is 6.16. The van der Waals surface area contributed by atoms with Crippen molar-refractivity contribution in [3.8, 4) is 0 Å². The highest BCUT2D eigenvalue weighted by Gasteiger charge is 2.02. The highest BCUT2D eigenvalue weighted by molar-refractivity contribution is 6.31. The number of rotatable bonds is 0. The standard InChI is InChI=1S/C9H6ClFN2/c10-6-1-5-2-7(11)3-8(12)9(5)13-4-6/h1-4H,12H2. The summed E-state index contributed by atoms with van der Waals surface area (Å²) in [6.45, 7) is 0. The number of nitrogens with zero attached hydrogens (tertiary/aromatic N) is 1. The molecule has 0 saturated heterocycles. The van der Waals surface area contributed by atoms with Gasteiger partial charge in [-0.15, -0.1) is 0 Å². The Hall–Kier alpha value is -1.35. The predicted octanol–water partition coefficient (Wildman–Crippen LogP) is 2.61. The van der Waals surface area contributed by atoms with Crippen LogP contribution in [0.25, 0.3) is 10.9 Å². The van der Waals surface area contributed by atoms with Gasteiger partial charge in [-0.3, -0.25) is 4.98 Å². The molecule has 2 aromatic rings. The maximum absolute atomic E-state index is 12.9. The second-order valence-corrected chi connectivity index (χ2v) is 3.16. The van der Waals surface area contributed by atoms with Gasteiger partial charge in [0.1, 0.15) is 5.82 Å². The molecule has 0 saturated carbocycles. The molecule has 2 rings (SSSR count). The molecule has 66 valence electrons. The SMILES string of the molecule is Nc1cc(F)cc2cc(Cl)cnc12. The summed E-state index contributed by atoms with van der Waals surface area (Å²) < 4.78 is 12.9. The van der Waals surface area contributed by atoms with Crippen LogP contribution in [0.3, 0.4) is 0 Å². The maximum Gasteiger partial charge on any atom is 0.126 e. The van der Waals surface area contributed by atoms with Crippen molar-refractivity contribution in [2.75, 3.05) is 5.73 Å². The highest BCUT2D eigenvalue weighted by Crippen LogP contribution is 2.22. The van der Waals surface area contributed by atoms with Crippen LogP contribution in [-0.2, 0) is 0 Å². The number of nitrogen functional groups attached to an aromatic ring is 1. The Labute approximate surface area is 79.1 Å². The van der Waals surface area contributed by atoms with Crippen molar-refractivity contribution in [2.45, 2.75) is 0 Å². The van der Waals surface area contributed by atoms with Gasteiger partial charge in [0.15, 0.2) is 0 Å². The van der Waals surface area contributed by atoms with Crippen molar-refractivity contribution in [1.82, 2.24) is 4.98 Å². The first-order valence-corrected chi connectivity index (χ1v) is 4.05. The Morgan fingerprint density at radius 2 is 2.08 bits per heavy atom. The van der Waals surface area contributed by atoms with Gasteiger partial charge in [-0.1, -0.05) is 11.6 Å². The van der Waals surface area contributed by atoms with E-state index in [1.165, 1.54) is 18.3 Å². The predicted molar refractivity (Wildman–Crippen MR) is 51.1 cm³/mol. The topological polar surface area (TPSA) is 38.9 Å². The number of halogens is 2. The molecule has 13 heavy (non-hydrogen) atoms. The van der Waals surface area contributed by atoms with Crippen LogP contribution in [-0.4, -0.2) is 4.98 Å². The molecular formula is C9H6ClFN2. The summed E-state index contributed by atoms with van der Waals surface area (Å²) in [5.41, 5.74) is 6.46. The van der Waals surface area contributed by atoms with E-state index in [2.05, 4.69) is 4.98 Å². The number of hydrogen-bond acceptors (Lipinski definition) is 2. The molecule has 0 radical (unpaired) electrons. The Kier molecular flexibility index (Phi) is 1.81. The number of benzene rings is 1. The van der Waals surface area contributed by atoms with Crippen LogP contribution in [0.15, 0.2) is 24.4 Å². The summed E-state index contributed by atoms with van der Waals surface area (Å²) in [5, 5.41) is 1.09. The summed E-state index contributed by atoms with van der Waals surface area (Å²) in [6, 6.07) is 4.22. The first kappa shape index (κ1) is 8.26. The number of anilines is 1. The minimum Gasteiger partial charge on any atom is -0.397 e. The number of aromatic nitrogens is 1. The molecule has 1 aromatic heterocycles. The fourth-order valence-electron chi connectivity index (χ4n) is 1.21. The molecule has 0 bridgehead atoms. The van der Waals surface area contributed by atoms with Crippen LogP contribution >= 0.6 is 11.6 Å². The Bertz CT molecular complexity index is 465. The van der Waals surface area contributed by atoms with Crippen LogP contribution in [0.2, 0.25) is 5.02 Å². The van der Waals surface area contributed by atoms with Crippen molar-refractivity contribution >= 4 is 28.2 Å². The molecule has 0 aliphatic rings. The van der Waals surface area contributed by atoms with Gasteiger partial charge in [-0.2, -0.15) is 0 Å². The van der Waals surface area contributed by atoms with Gasteiger partial charge in [-0.25, -0.2) is 4.39 Å². The molecular weight excluding hydrogens is 191 g/mol. The van der Waals surface area contributed by atoms with E-state index in [1.807, 2.05) is 0 Å². The van der Waals surface area contributed by atoms with Gasteiger partial charge >= 0.3 is 0 Å². The van der Waals surface area contributed by atoms with Crippen LogP contribution in [0, 0.1) is 5.82 Å². The summed E-state index contributed by atoms with van der Waals surface area (Å²) in [6.07, 6.45) is 1.48. The molecule has 0 aliphatic carbocycles. The summed E-state index contributed by atoms with van der Waals surface area (Å²) in [5.74, 6) is -0.380. The normalized spacial score (nSPS) is 10.6. The van der Waals surface area contributed by atoms with E-state index < -0.39 is 0 Å². The molecule has 2 nitrogen and oxygen atoms in total. The van der Waals surface area contributed by atoms with E-state index in [9.17, 15) is 4.39 Å². The zero-order chi connectivity index (χ0) is 9.42. The third kappa shape index (κ3) is 1.42. The number of hydrogen-bond donors (Lipinski definition) is 1. The molecule has 0 amide bonds. The Morgan fingerprint density at radius 1 is 1.31 bits per heavy atom. The fraction of sp³-hybridized carbons (Fsp3) is 0. The molecule has 1 heterocycles. The van der Waals surface area contributed by atoms with Crippen LogP contribution in [0.1, 0.15) is 0 Å². The lowest BCUT2D eigenvalue weighted by atomic mass is 10.2. The van der Waals surface area contributed by atoms with Crippen LogP contribution in [0.4, 0.5) is 10.1 Å². The average Bonchev–Trinajstić information content (AvgIpc) is 2.02. The van der Waals surface area contributed by atoms with E-state index in [0.717, 1.165) is 0 Å². The van der Waals surface area contributed by atoms with E-state index in [-0.39, 0.29) is 5.82 Å². The van der Waals surface area contributed by atoms with E-state index >= 15 is 0 Å². The van der Waals surface area contributed by atoms with E-state index in [4.69, 9.17) is 17.3 Å². The zero-order valence-electron chi connectivity index (χ0n) is 6.59. The van der Waals surface area contributed by atoms with Crippen molar-refractivity contribution in [3.05, 3.63) is 35.2 Å². The number of fused-ring (bicyclic) bond motifs is 1. The summed E-state index contributed by atoms with van der Waals surface area (Å²) in [4.78, 5) is 4.00. The van der Waals surface area contributed by atoms with Gasteiger partial charge in [0, 0.05) is 11.6 Å². The summed E-state index contributed by atoms with van der Waals surface area (Å²) >= 11 is 5.70. The van der Waals surface area contributed by atoms with Crippen molar-refractivity contribution in [3.63, 3.8) is 0 Å². The lowest BCUT2D eigenvalue weighted by Gasteiger charge is -2.01. The van der Waals surface area contributed by atoms with Gasteiger partial charge in [0.25, 0.3) is 0 Å². The molecule has 0 aliphatic heterocycles. The molecule has 0 atom stereocenters. The third-order valence-corrected chi connectivity index (χ3v) is 1.95. The maximum atomic E-state index is 12.9. The van der Waals surface area contributed by atoms with Gasteiger partial charge in [0.05, 0.1) is 16.2 Å². The van der Waals surface area contributed by atoms with Gasteiger partial charge in [0.2, 0.25) is 0 Å². The number of pyridine rings is 1. The lowest BCUT2D eigenvalue weighted by molar-refractivity contribution is 0.630. The molecule has 1 aromatic carbocycles. The van der Waals surface area contributed by atoms with Crippen molar-refractivity contribution in [2.24, 2.45) is 0 Å². The van der Waals surface area contributed by atoms with E-state index in [0.29, 0.717) is 21.6 Å². The molecule has 0 spiro atoms. The first-order valence-electron chi connectivity index (χ1n) is 3.67. The monoisotopic (exact) mass is 196 g/mol. The quantitative estimate of drug-likeness (QED) is 0.658. The minimum absolute atomic E-state index is 0.326. The summed E-state index contributed by atoms with van der Waals surface area (Å²) in [7, 11) is 0. The fourth-order valence-corrected chi connectivity index (χ4v) is 1.38. The average molecular weight is 197 g/mol. The smallest absolute Gasteiger partial charge is 0.126 e. The largest absolute Gasteiger partial charge is 0.397 e. The Morgan fingerprint density at radius 3 is 2.85 bits per heavy atom. The molecule has 0 unspecified atom stereocenters. The van der Waals surface area contributed by atoms with Crippen molar-refractivity contribution < 1.29 is 4.39 Å². The van der Waals surface area contributed by atoms with Crippen molar-refractivity contribution in [1.29, 1.82) is 0 Å². The van der Waals surface area contributed by atoms with E-state index in [1.54, 1.807) is 6.07 Å². The van der Waals surface area contributed by atoms with Crippen LogP contribution in [0.5, 0.6) is 0 Å².